The lowest BCUT2D eigenvalue weighted by molar-refractivity contribution is 0.338. The van der Waals surface area contributed by atoms with Crippen molar-refractivity contribution < 1.29 is 4.74 Å². The van der Waals surface area contributed by atoms with Gasteiger partial charge in [0.1, 0.15) is 5.75 Å². The summed E-state index contributed by atoms with van der Waals surface area (Å²) in [6.45, 7) is 10.3. The Balaban J connectivity index is 2.58. The third-order valence-corrected chi connectivity index (χ3v) is 3.47. The van der Waals surface area contributed by atoms with Gasteiger partial charge in [0.05, 0.1) is 6.61 Å². The van der Waals surface area contributed by atoms with Crippen molar-refractivity contribution in [3.63, 3.8) is 0 Å². The third-order valence-electron chi connectivity index (χ3n) is 2.61. The molecule has 3 heteroatoms. The van der Waals surface area contributed by atoms with Crippen LogP contribution in [-0.4, -0.2) is 24.2 Å². The minimum atomic E-state index is 0.494. The normalized spacial score (nSPS) is 10.9. The average Bonchev–Trinajstić information content (AvgIpc) is 2.34. The number of thioether (sulfide) groups is 1. The van der Waals surface area contributed by atoms with Crippen LogP contribution in [0.3, 0.4) is 0 Å². The summed E-state index contributed by atoms with van der Waals surface area (Å²) in [4.78, 5) is 0. The van der Waals surface area contributed by atoms with Gasteiger partial charge in [0, 0.05) is 23.9 Å². The van der Waals surface area contributed by atoms with Gasteiger partial charge in [-0.2, -0.15) is 11.8 Å². The molecule has 1 N–H and O–H groups in total. The molecular weight excluding hydrogens is 242 g/mol. The number of nitrogens with one attached hydrogen (secondary N) is 1. The van der Waals surface area contributed by atoms with Crippen LogP contribution in [0, 0.1) is 6.92 Å². The molecule has 0 spiro atoms. The van der Waals surface area contributed by atoms with Crippen molar-refractivity contribution in [3.8, 4) is 5.75 Å². The van der Waals surface area contributed by atoms with E-state index in [-0.39, 0.29) is 0 Å². The van der Waals surface area contributed by atoms with Crippen molar-refractivity contribution in [3.05, 3.63) is 29.3 Å². The molecule has 0 radical (unpaired) electrons. The molecule has 0 aliphatic carbocycles. The molecule has 18 heavy (non-hydrogen) atoms. The molecule has 0 amide bonds. The fourth-order valence-corrected chi connectivity index (χ4v) is 2.15. The van der Waals surface area contributed by atoms with Gasteiger partial charge in [0.2, 0.25) is 0 Å². The Hall–Kier alpha value is -0.670. The molecule has 0 saturated carbocycles. The number of ether oxygens (including phenoxy) is 1. The Bertz CT molecular complexity index is 352. The summed E-state index contributed by atoms with van der Waals surface area (Å²) < 4.78 is 5.87. The molecule has 1 rings (SSSR count). The number of benzene rings is 1. The molecule has 0 aliphatic rings. The molecule has 0 unspecified atom stereocenters. The molecule has 1 aromatic carbocycles. The SMILES string of the molecule is CCSCCOc1ccc(C)cc1CNC(C)C. The summed E-state index contributed by atoms with van der Waals surface area (Å²) in [6.07, 6.45) is 0. The van der Waals surface area contributed by atoms with E-state index >= 15 is 0 Å². The van der Waals surface area contributed by atoms with Crippen LogP contribution in [-0.2, 0) is 6.54 Å². The Kier molecular flexibility index (Phi) is 7.21. The smallest absolute Gasteiger partial charge is 0.123 e. The second-order valence-electron chi connectivity index (χ2n) is 4.69. The van der Waals surface area contributed by atoms with Gasteiger partial charge in [0.25, 0.3) is 0 Å². The predicted octanol–water partition coefficient (Wildman–Crippen LogP) is 3.62. The molecule has 0 aromatic heterocycles. The maximum absolute atomic E-state index is 5.87. The standard InChI is InChI=1S/C15H25NOS/c1-5-18-9-8-17-15-7-6-13(4)10-14(15)11-16-12(2)3/h6-7,10,12,16H,5,8-9,11H2,1-4H3. The quantitative estimate of drug-likeness (QED) is 0.727. The first-order chi connectivity index (χ1) is 8.63. The highest BCUT2D eigenvalue weighted by atomic mass is 32.2. The van der Waals surface area contributed by atoms with Crippen molar-refractivity contribution in [1.29, 1.82) is 0 Å². The van der Waals surface area contributed by atoms with Gasteiger partial charge in [-0.1, -0.05) is 38.5 Å². The van der Waals surface area contributed by atoms with Crippen LogP contribution in [0.15, 0.2) is 18.2 Å². The monoisotopic (exact) mass is 267 g/mol. The zero-order valence-electron chi connectivity index (χ0n) is 12.0. The molecule has 2 nitrogen and oxygen atoms in total. The molecule has 1 aromatic rings. The van der Waals surface area contributed by atoms with Gasteiger partial charge in [-0.25, -0.2) is 0 Å². The lowest BCUT2D eigenvalue weighted by Crippen LogP contribution is -2.22. The van der Waals surface area contributed by atoms with Crippen LogP contribution in [0.2, 0.25) is 0 Å². The van der Waals surface area contributed by atoms with E-state index < -0.39 is 0 Å². The Morgan fingerprint density at radius 1 is 1.33 bits per heavy atom. The lowest BCUT2D eigenvalue weighted by Gasteiger charge is -2.14. The van der Waals surface area contributed by atoms with Gasteiger partial charge < -0.3 is 10.1 Å². The molecule has 0 fully saturated rings. The maximum atomic E-state index is 5.87. The Labute approximate surface area is 116 Å². The van der Waals surface area contributed by atoms with Crippen LogP contribution in [0.4, 0.5) is 0 Å². The first-order valence-corrected chi connectivity index (χ1v) is 7.82. The summed E-state index contributed by atoms with van der Waals surface area (Å²) in [7, 11) is 0. The zero-order valence-corrected chi connectivity index (χ0v) is 12.8. The highest BCUT2D eigenvalue weighted by Crippen LogP contribution is 2.20. The minimum Gasteiger partial charge on any atom is -0.492 e. The summed E-state index contributed by atoms with van der Waals surface area (Å²) >= 11 is 1.91. The van der Waals surface area contributed by atoms with Crippen molar-refractivity contribution in [1.82, 2.24) is 5.32 Å². The second kappa shape index (κ2) is 8.44. The van der Waals surface area contributed by atoms with E-state index in [0.29, 0.717) is 6.04 Å². The topological polar surface area (TPSA) is 21.3 Å². The highest BCUT2D eigenvalue weighted by Gasteiger charge is 2.05. The molecule has 0 heterocycles. The number of aryl methyl sites for hydroxylation is 1. The number of hydrogen-bond donors (Lipinski definition) is 1. The first kappa shape index (κ1) is 15.4. The van der Waals surface area contributed by atoms with Crippen molar-refractivity contribution in [2.45, 2.75) is 40.3 Å². The fourth-order valence-electron chi connectivity index (χ4n) is 1.66. The largest absolute Gasteiger partial charge is 0.492 e. The Morgan fingerprint density at radius 2 is 2.11 bits per heavy atom. The average molecular weight is 267 g/mol. The summed E-state index contributed by atoms with van der Waals surface area (Å²) in [6, 6.07) is 6.90. The van der Waals surface area contributed by atoms with Crippen LogP contribution in [0.1, 0.15) is 31.9 Å². The van der Waals surface area contributed by atoms with Crippen LogP contribution in [0.25, 0.3) is 0 Å². The van der Waals surface area contributed by atoms with E-state index in [2.05, 4.69) is 51.2 Å². The maximum Gasteiger partial charge on any atom is 0.123 e. The van der Waals surface area contributed by atoms with Crippen molar-refractivity contribution in [2.24, 2.45) is 0 Å². The van der Waals surface area contributed by atoms with Crippen LogP contribution in [0.5, 0.6) is 5.75 Å². The summed E-state index contributed by atoms with van der Waals surface area (Å²) in [5.41, 5.74) is 2.54. The van der Waals surface area contributed by atoms with E-state index in [1.165, 1.54) is 11.1 Å². The third kappa shape index (κ3) is 5.78. The van der Waals surface area contributed by atoms with E-state index in [4.69, 9.17) is 4.74 Å². The summed E-state index contributed by atoms with van der Waals surface area (Å²) in [5, 5.41) is 3.45. The van der Waals surface area contributed by atoms with E-state index in [1.54, 1.807) is 0 Å². The predicted molar refractivity (Wildman–Crippen MR) is 81.6 cm³/mol. The Morgan fingerprint density at radius 3 is 2.78 bits per heavy atom. The van der Waals surface area contributed by atoms with Gasteiger partial charge in [0.15, 0.2) is 0 Å². The minimum absolute atomic E-state index is 0.494. The van der Waals surface area contributed by atoms with Crippen LogP contribution < -0.4 is 10.1 Å². The number of hydrogen-bond acceptors (Lipinski definition) is 3. The first-order valence-electron chi connectivity index (χ1n) is 6.67. The molecular formula is C15H25NOS. The molecule has 0 aliphatic heterocycles. The van der Waals surface area contributed by atoms with E-state index in [1.807, 2.05) is 11.8 Å². The zero-order chi connectivity index (χ0) is 13.4. The molecule has 0 saturated heterocycles. The van der Waals surface area contributed by atoms with Gasteiger partial charge in [-0.3, -0.25) is 0 Å². The van der Waals surface area contributed by atoms with Crippen molar-refractivity contribution in [2.75, 3.05) is 18.1 Å². The molecule has 0 bridgehead atoms. The molecule has 0 atom stereocenters. The van der Waals surface area contributed by atoms with Gasteiger partial charge in [-0.05, 0) is 18.7 Å². The summed E-state index contributed by atoms with van der Waals surface area (Å²) in [5.74, 6) is 3.23. The van der Waals surface area contributed by atoms with E-state index in [0.717, 1.165) is 30.4 Å². The van der Waals surface area contributed by atoms with Crippen LogP contribution >= 0.6 is 11.8 Å². The van der Waals surface area contributed by atoms with Gasteiger partial charge in [-0.15, -0.1) is 0 Å². The van der Waals surface area contributed by atoms with E-state index in [9.17, 15) is 0 Å². The van der Waals surface area contributed by atoms with Gasteiger partial charge >= 0.3 is 0 Å². The number of rotatable bonds is 8. The molecule has 102 valence electrons. The lowest BCUT2D eigenvalue weighted by atomic mass is 10.1. The van der Waals surface area contributed by atoms with Crippen molar-refractivity contribution >= 4 is 11.8 Å². The highest BCUT2D eigenvalue weighted by molar-refractivity contribution is 7.99. The second-order valence-corrected chi connectivity index (χ2v) is 6.09. The fraction of sp³-hybridized carbons (Fsp3) is 0.600.